The van der Waals surface area contributed by atoms with Gasteiger partial charge in [0, 0.05) is 18.0 Å². The Morgan fingerprint density at radius 1 is 1.07 bits per heavy atom. The molecule has 0 aliphatic heterocycles. The van der Waals surface area contributed by atoms with E-state index in [4.69, 9.17) is 0 Å². The molecule has 1 heterocycles. The fourth-order valence-corrected chi connectivity index (χ4v) is 3.11. The Balaban J connectivity index is 1.91. The number of hydrogen-bond acceptors (Lipinski definition) is 3. The zero-order chi connectivity index (χ0) is 21.0. The number of amides is 1. The number of aliphatic carboxylic acids is 1. The molecule has 0 saturated carbocycles. The van der Waals surface area contributed by atoms with Gasteiger partial charge >= 0.3 is 5.97 Å². The van der Waals surface area contributed by atoms with Crippen molar-refractivity contribution in [3.05, 3.63) is 89.2 Å². The first-order valence-electron chi connectivity index (χ1n) is 8.84. The van der Waals surface area contributed by atoms with Gasteiger partial charge in [-0.1, -0.05) is 30.3 Å². The van der Waals surface area contributed by atoms with Crippen LogP contribution in [-0.4, -0.2) is 22.0 Å². The quantitative estimate of drug-likeness (QED) is 0.652. The van der Waals surface area contributed by atoms with Gasteiger partial charge in [-0.2, -0.15) is 0 Å². The van der Waals surface area contributed by atoms with Crippen LogP contribution in [0.2, 0.25) is 0 Å². The van der Waals surface area contributed by atoms with E-state index in [-0.39, 0.29) is 23.1 Å². The number of aromatic nitrogens is 1. The van der Waals surface area contributed by atoms with Crippen molar-refractivity contribution < 1.29 is 23.5 Å². The molecule has 0 unspecified atom stereocenters. The molecule has 148 valence electrons. The number of rotatable bonds is 6. The molecule has 1 amide bonds. The van der Waals surface area contributed by atoms with Crippen LogP contribution in [0.15, 0.2) is 60.9 Å². The monoisotopic (exact) mass is 396 g/mol. The molecule has 0 fully saturated rings. The highest BCUT2D eigenvalue weighted by Gasteiger charge is 2.21. The van der Waals surface area contributed by atoms with Gasteiger partial charge in [-0.3, -0.25) is 14.6 Å². The third-order valence-electron chi connectivity index (χ3n) is 4.50. The van der Waals surface area contributed by atoms with E-state index >= 15 is 0 Å². The van der Waals surface area contributed by atoms with Crippen molar-refractivity contribution >= 4 is 11.9 Å². The van der Waals surface area contributed by atoms with Crippen LogP contribution in [0.5, 0.6) is 0 Å². The van der Waals surface area contributed by atoms with Gasteiger partial charge in [0.2, 0.25) is 0 Å². The van der Waals surface area contributed by atoms with Crippen LogP contribution < -0.4 is 5.32 Å². The third-order valence-corrected chi connectivity index (χ3v) is 4.50. The average molecular weight is 396 g/mol. The first-order chi connectivity index (χ1) is 13.9. The van der Waals surface area contributed by atoms with Gasteiger partial charge < -0.3 is 10.4 Å². The summed E-state index contributed by atoms with van der Waals surface area (Å²) < 4.78 is 28.1. The lowest BCUT2D eigenvalue weighted by molar-refractivity contribution is -0.137. The number of carbonyl (C=O) groups excluding carboxylic acids is 1. The van der Waals surface area contributed by atoms with Crippen LogP contribution in [0.25, 0.3) is 11.1 Å². The van der Waals surface area contributed by atoms with E-state index in [0.717, 1.165) is 17.7 Å². The zero-order valence-electron chi connectivity index (χ0n) is 15.5. The third kappa shape index (κ3) is 4.63. The largest absolute Gasteiger partial charge is 0.481 e. The van der Waals surface area contributed by atoms with Crippen molar-refractivity contribution in [2.24, 2.45) is 0 Å². The summed E-state index contributed by atoms with van der Waals surface area (Å²) in [5, 5.41) is 11.9. The number of hydrogen-bond donors (Lipinski definition) is 2. The van der Waals surface area contributed by atoms with Crippen LogP contribution in [0.1, 0.15) is 33.9 Å². The molecule has 0 saturated heterocycles. The summed E-state index contributed by atoms with van der Waals surface area (Å²) >= 11 is 0. The first kappa shape index (κ1) is 20.1. The van der Waals surface area contributed by atoms with Crippen molar-refractivity contribution in [2.45, 2.75) is 19.4 Å². The molecule has 3 rings (SSSR count). The highest BCUT2D eigenvalue weighted by atomic mass is 19.1. The van der Waals surface area contributed by atoms with Crippen molar-refractivity contribution in [3.63, 3.8) is 0 Å². The molecule has 1 aromatic heterocycles. The second-order valence-electron chi connectivity index (χ2n) is 6.54. The van der Waals surface area contributed by atoms with E-state index in [2.05, 4.69) is 10.3 Å². The molecule has 0 bridgehead atoms. The minimum atomic E-state index is -1.07. The zero-order valence-corrected chi connectivity index (χ0v) is 15.5. The van der Waals surface area contributed by atoms with E-state index in [0.29, 0.717) is 5.56 Å². The predicted molar refractivity (Wildman–Crippen MR) is 103 cm³/mol. The number of carbonyl (C=O) groups is 2. The van der Waals surface area contributed by atoms with E-state index in [1.165, 1.54) is 24.5 Å². The summed E-state index contributed by atoms with van der Waals surface area (Å²) in [6.07, 6.45) is 2.20. The molecule has 3 aromatic rings. The van der Waals surface area contributed by atoms with Gasteiger partial charge in [-0.15, -0.1) is 0 Å². The van der Waals surface area contributed by atoms with Crippen molar-refractivity contribution in [1.29, 1.82) is 0 Å². The lowest BCUT2D eigenvalue weighted by atomic mass is 9.98. The molecule has 0 radical (unpaired) electrons. The maximum Gasteiger partial charge on any atom is 0.305 e. The maximum absolute atomic E-state index is 14.1. The SMILES string of the molecule is Cc1ccccc1[C@H](CC(=O)O)NC(=O)c1cncc(-c2c(F)cccc2F)c1. The summed E-state index contributed by atoms with van der Waals surface area (Å²) in [6, 6.07) is 11.2. The minimum absolute atomic E-state index is 0.0640. The average Bonchev–Trinajstić information content (AvgIpc) is 2.67. The lowest BCUT2D eigenvalue weighted by Crippen LogP contribution is -2.30. The molecule has 2 N–H and O–H groups in total. The Hall–Kier alpha value is -3.61. The molecule has 7 heteroatoms. The van der Waals surface area contributed by atoms with Gasteiger partial charge in [-0.25, -0.2) is 8.78 Å². The Kier molecular flexibility index (Phi) is 5.97. The lowest BCUT2D eigenvalue weighted by Gasteiger charge is -2.19. The Bertz CT molecular complexity index is 1050. The van der Waals surface area contributed by atoms with Crippen LogP contribution in [0.3, 0.4) is 0 Å². The molecular weight excluding hydrogens is 378 g/mol. The summed E-state index contributed by atoms with van der Waals surface area (Å²) in [7, 11) is 0. The van der Waals surface area contributed by atoms with E-state index in [9.17, 15) is 23.5 Å². The Labute approximate surface area is 166 Å². The molecular formula is C22H18F2N2O3. The number of halogens is 2. The van der Waals surface area contributed by atoms with Gasteiger partial charge in [0.25, 0.3) is 5.91 Å². The van der Waals surface area contributed by atoms with Crippen molar-refractivity contribution in [3.8, 4) is 11.1 Å². The van der Waals surface area contributed by atoms with Crippen molar-refractivity contribution in [2.75, 3.05) is 0 Å². The van der Waals surface area contributed by atoms with E-state index in [1.807, 2.05) is 19.1 Å². The fourth-order valence-electron chi connectivity index (χ4n) is 3.11. The van der Waals surface area contributed by atoms with Crippen molar-refractivity contribution in [1.82, 2.24) is 10.3 Å². The van der Waals surface area contributed by atoms with Gasteiger partial charge in [0.15, 0.2) is 0 Å². The highest BCUT2D eigenvalue weighted by Crippen LogP contribution is 2.26. The number of carboxylic acid groups (broad SMARTS) is 1. The van der Waals surface area contributed by atoms with E-state index in [1.54, 1.807) is 12.1 Å². The highest BCUT2D eigenvalue weighted by molar-refractivity contribution is 5.95. The normalized spacial score (nSPS) is 11.7. The van der Waals surface area contributed by atoms with Gasteiger partial charge in [0.1, 0.15) is 11.6 Å². The van der Waals surface area contributed by atoms with Gasteiger partial charge in [-0.05, 0) is 36.2 Å². The molecule has 5 nitrogen and oxygen atoms in total. The fraction of sp³-hybridized carbons (Fsp3) is 0.136. The smallest absolute Gasteiger partial charge is 0.305 e. The first-order valence-corrected chi connectivity index (χ1v) is 8.84. The number of aryl methyl sites for hydroxylation is 1. The molecule has 1 atom stereocenters. The number of nitrogens with zero attached hydrogens (tertiary/aromatic N) is 1. The summed E-state index contributed by atoms with van der Waals surface area (Å²) in [5.41, 5.74) is 1.40. The predicted octanol–water partition coefficient (Wildman–Crippen LogP) is 4.28. The maximum atomic E-state index is 14.1. The molecule has 29 heavy (non-hydrogen) atoms. The van der Waals surface area contributed by atoms with Crippen LogP contribution >= 0.6 is 0 Å². The standard InChI is InChI=1S/C22H18F2N2O3/c1-13-5-2-3-6-16(13)19(10-20(27)28)26-22(29)15-9-14(11-25-12-15)21-17(23)7-4-8-18(21)24/h2-9,11-12,19H,10H2,1H3,(H,26,29)(H,27,28)/t19-/m0/s1. The summed E-state index contributed by atoms with van der Waals surface area (Å²) in [6.45, 7) is 1.82. The Morgan fingerprint density at radius 3 is 2.41 bits per heavy atom. The van der Waals surface area contributed by atoms with Crippen LogP contribution in [-0.2, 0) is 4.79 Å². The molecule has 2 aromatic carbocycles. The second-order valence-corrected chi connectivity index (χ2v) is 6.54. The summed E-state index contributed by atoms with van der Waals surface area (Å²) in [4.78, 5) is 27.9. The number of pyridine rings is 1. The topological polar surface area (TPSA) is 79.3 Å². The number of nitrogens with one attached hydrogen (secondary N) is 1. The van der Waals surface area contributed by atoms with Crippen LogP contribution in [0, 0.1) is 18.6 Å². The second kappa shape index (κ2) is 8.60. The minimum Gasteiger partial charge on any atom is -0.481 e. The Morgan fingerprint density at radius 2 is 1.76 bits per heavy atom. The number of benzene rings is 2. The molecule has 0 spiro atoms. The van der Waals surface area contributed by atoms with Gasteiger partial charge in [0.05, 0.1) is 23.6 Å². The number of carboxylic acids is 1. The summed E-state index contributed by atoms with van der Waals surface area (Å²) in [5.74, 6) is -3.20. The van der Waals surface area contributed by atoms with E-state index < -0.39 is 29.6 Å². The molecule has 0 aliphatic carbocycles. The molecule has 0 aliphatic rings. The van der Waals surface area contributed by atoms with Crippen LogP contribution in [0.4, 0.5) is 8.78 Å².